The Bertz CT molecular complexity index is 748. The summed E-state index contributed by atoms with van der Waals surface area (Å²) in [6, 6.07) is 10.7. The first-order valence-electron chi connectivity index (χ1n) is 6.81. The van der Waals surface area contributed by atoms with Crippen LogP contribution in [0.5, 0.6) is 0 Å². The number of hydrogen-bond donors (Lipinski definition) is 1. The highest BCUT2D eigenvalue weighted by molar-refractivity contribution is 9.10. The van der Waals surface area contributed by atoms with Crippen LogP contribution in [0.4, 0.5) is 11.4 Å². The molecule has 0 spiro atoms. The number of nitro groups is 1. The van der Waals surface area contributed by atoms with Crippen LogP contribution in [0.1, 0.15) is 11.1 Å². The van der Waals surface area contributed by atoms with E-state index in [-0.39, 0.29) is 23.0 Å². The van der Waals surface area contributed by atoms with Crippen molar-refractivity contribution < 1.29 is 9.72 Å². The number of aryl methyl sites for hydroxylation is 1. The van der Waals surface area contributed by atoms with E-state index in [1.807, 2.05) is 31.2 Å². The van der Waals surface area contributed by atoms with E-state index in [2.05, 4.69) is 21.2 Å². The van der Waals surface area contributed by atoms with Crippen LogP contribution >= 0.6 is 27.7 Å². The van der Waals surface area contributed by atoms with Gasteiger partial charge in [0, 0.05) is 15.4 Å². The van der Waals surface area contributed by atoms with E-state index in [1.165, 1.54) is 17.8 Å². The highest BCUT2D eigenvalue weighted by Crippen LogP contribution is 2.30. The quantitative estimate of drug-likeness (QED) is 0.452. The van der Waals surface area contributed by atoms with Crippen LogP contribution in [-0.4, -0.2) is 16.6 Å². The van der Waals surface area contributed by atoms with Crippen molar-refractivity contribution in [2.45, 2.75) is 18.7 Å². The predicted octanol–water partition coefficient (Wildman–Crippen LogP) is 4.70. The van der Waals surface area contributed by atoms with Gasteiger partial charge in [0.25, 0.3) is 5.69 Å². The summed E-state index contributed by atoms with van der Waals surface area (Å²) in [5.41, 5.74) is 1.79. The van der Waals surface area contributed by atoms with Crippen LogP contribution in [-0.2, 0) is 4.79 Å². The highest BCUT2D eigenvalue weighted by atomic mass is 79.9. The largest absolute Gasteiger partial charge is 0.319 e. The van der Waals surface area contributed by atoms with Gasteiger partial charge in [-0.2, -0.15) is 0 Å². The molecule has 2 aromatic carbocycles. The van der Waals surface area contributed by atoms with Crippen LogP contribution < -0.4 is 5.32 Å². The van der Waals surface area contributed by atoms with Gasteiger partial charge in [-0.15, -0.1) is 11.8 Å². The molecule has 1 N–H and O–H groups in total. The zero-order chi connectivity index (χ0) is 17.0. The van der Waals surface area contributed by atoms with E-state index in [4.69, 9.17) is 0 Å². The molecule has 0 saturated heterocycles. The normalized spacial score (nSPS) is 10.4. The minimum Gasteiger partial charge on any atom is -0.319 e. The molecule has 7 heteroatoms. The van der Waals surface area contributed by atoms with Crippen molar-refractivity contribution in [1.29, 1.82) is 0 Å². The molecule has 0 radical (unpaired) electrons. The lowest BCUT2D eigenvalue weighted by molar-refractivity contribution is -0.384. The lowest BCUT2D eigenvalue weighted by atomic mass is 10.1. The summed E-state index contributed by atoms with van der Waals surface area (Å²) in [4.78, 5) is 23.7. The van der Waals surface area contributed by atoms with Gasteiger partial charge in [-0.1, -0.05) is 22.0 Å². The predicted molar refractivity (Wildman–Crippen MR) is 96.1 cm³/mol. The standard InChI is InChI=1S/C16H15BrN2O3S/c1-10-3-8-14(19(21)22)16(11(10)2)18-15(20)9-23-13-6-4-12(17)5-7-13/h3-8H,9H2,1-2H3,(H,18,20). The Kier molecular flexibility index (Phi) is 5.79. The number of carbonyl (C=O) groups excluding carboxylic acids is 1. The number of anilines is 1. The average Bonchev–Trinajstić information content (AvgIpc) is 2.51. The molecule has 0 heterocycles. The van der Waals surface area contributed by atoms with Gasteiger partial charge in [0.15, 0.2) is 0 Å². The lowest BCUT2D eigenvalue weighted by Gasteiger charge is -2.11. The molecule has 1 amide bonds. The van der Waals surface area contributed by atoms with E-state index in [1.54, 1.807) is 13.0 Å². The zero-order valence-electron chi connectivity index (χ0n) is 12.6. The molecule has 0 aliphatic carbocycles. The average molecular weight is 395 g/mol. The molecular weight excluding hydrogens is 380 g/mol. The molecule has 0 fully saturated rings. The Morgan fingerprint density at radius 2 is 1.87 bits per heavy atom. The number of carbonyl (C=O) groups is 1. The van der Waals surface area contributed by atoms with Gasteiger partial charge in [-0.25, -0.2) is 0 Å². The van der Waals surface area contributed by atoms with E-state index in [9.17, 15) is 14.9 Å². The number of thioether (sulfide) groups is 1. The van der Waals surface area contributed by atoms with E-state index in [0.717, 1.165) is 14.9 Å². The number of benzene rings is 2. The summed E-state index contributed by atoms with van der Waals surface area (Å²) < 4.78 is 0.970. The van der Waals surface area contributed by atoms with E-state index < -0.39 is 4.92 Å². The number of nitrogens with one attached hydrogen (secondary N) is 1. The maximum absolute atomic E-state index is 12.1. The third kappa shape index (κ3) is 4.56. The molecule has 23 heavy (non-hydrogen) atoms. The minimum atomic E-state index is -0.482. The molecule has 0 saturated carbocycles. The molecule has 0 bridgehead atoms. The molecule has 0 unspecified atom stereocenters. The summed E-state index contributed by atoms with van der Waals surface area (Å²) in [5, 5.41) is 13.8. The summed E-state index contributed by atoms with van der Waals surface area (Å²) in [5.74, 6) is -0.0821. The summed E-state index contributed by atoms with van der Waals surface area (Å²) in [7, 11) is 0. The van der Waals surface area contributed by atoms with Gasteiger partial charge in [-0.05, 0) is 49.2 Å². The fourth-order valence-electron chi connectivity index (χ4n) is 1.97. The first kappa shape index (κ1) is 17.5. The summed E-state index contributed by atoms with van der Waals surface area (Å²) in [6.07, 6.45) is 0. The highest BCUT2D eigenvalue weighted by Gasteiger charge is 2.19. The molecule has 0 aliphatic heterocycles. The van der Waals surface area contributed by atoms with Crippen LogP contribution in [0.2, 0.25) is 0 Å². The minimum absolute atomic E-state index is 0.0879. The van der Waals surface area contributed by atoms with E-state index >= 15 is 0 Å². The Labute approximate surface area is 146 Å². The Balaban J connectivity index is 2.09. The maximum atomic E-state index is 12.1. The Morgan fingerprint density at radius 3 is 2.48 bits per heavy atom. The van der Waals surface area contributed by atoms with Crippen LogP contribution in [0.15, 0.2) is 45.8 Å². The monoisotopic (exact) mass is 394 g/mol. The Hall–Kier alpha value is -1.86. The number of amides is 1. The number of halogens is 1. The molecule has 2 aromatic rings. The van der Waals surface area contributed by atoms with Crippen LogP contribution in [0, 0.1) is 24.0 Å². The van der Waals surface area contributed by atoms with Gasteiger partial charge >= 0.3 is 0 Å². The third-order valence-corrected chi connectivity index (χ3v) is 4.90. The van der Waals surface area contributed by atoms with Crippen molar-refractivity contribution in [2.24, 2.45) is 0 Å². The number of nitro benzene ring substituents is 1. The van der Waals surface area contributed by atoms with Crippen LogP contribution in [0.25, 0.3) is 0 Å². The number of hydrogen-bond acceptors (Lipinski definition) is 4. The molecule has 0 aliphatic rings. The van der Waals surface area contributed by atoms with Crippen molar-refractivity contribution in [3.63, 3.8) is 0 Å². The smallest absolute Gasteiger partial charge is 0.293 e. The van der Waals surface area contributed by atoms with Crippen molar-refractivity contribution in [2.75, 3.05) is 11.1 Å². The molecule has 0 atom stereocenters. The van der Waals surface area contributed by atoms with Gasteiger partial charge < -0.3 is 5.32 Å². The fraction of sp³-hybridized carbons (Fsp3) is 0.188. The second kappa shape index (κ2) is 7.61. The van der Waals surface area contributed by atoms with Gasteiger partial charge in [-0.3, -0.25) is 14.9 Å². The molecule has 120 valence electrons. The van der Waals surface area contributed by atoms with Crippen molar-refractivity contribution in [3.8, 4) is 0 Å². The first-order chi connectivity index (χ1) is 10.9. The van der Waals surface area contributed by atoms with E-state index in [0.29, 0.717) is 5.56 Å². The molecular formula is C16H15BrN2O3S. The molecule has 2 rings (SSSR count). The topological polar surface area (TPSA) is 72.2 Å². The molecule has 5 nitrogen and oxygen atoms in total. The summed E-state index contributed by atoms with van der Waals surface area (Å²) in [6.45, 7) is 3.62. The fourth-order valence-corrected chi connectivity index (χ4v) is 2.93. The van der Waals surface area contributed by atoms with Crippen LogP contribution in [0.3, 0.4) is 0 Å². The van der Waals surface area contributed by atoms with Crippen molar-refractivity contribution in [1.82, 2.24) is 0 Å². The SMILES string of the molecule is Cc1ccc([N+](=O)[O-])c(NC(=O)CSc2ccc(Br)cc2)c1C. The first-order valence-corrected chi connectivity index (χ1v) is 8.59. The zero-order valence-corrected chi connectivity index (χ0v) is 15.0. The van der Waals surface area contributed by atoms with Crippen molar-refractivity contribution in [3.05, 3.63) is 62.1 Å². The Morgan fingerprint density at radius 1 is 1.22 bits per heavy atom. The van der Waals surface area contributed by atoms with Gasteiger partial charge in [0.05, 0.1) is 10.7 Å². The van der Waals surface area contributed by atoms with Gasteiger partial charge in [0.1, 0.15) is 5.69 Å². The summed E-state index contributed by atoms with van der Waals surface area (Å²) >= 11 is 4.73. The maximum Gasteiger partial charge on any atom is 0.293 e. The second-order valence-corrected chi connectivity index (χ2v) is 6.91. The number of rotatable bonds is 5. The second-order valence-electron chi connectivity index (χ2n) is 4.95. The third-order valence-electron chi connectivity index (χ3n) is 3.36. The van der Waals surface area contributed by atoms with Gasteiger partial charge in [0.2, 0.25) is 5.91 Å². The van der Waals surface area contributed by atoms with Crippen molar-refractivity contribution >= 4 is 45.0 Å². The number of nitrogens with zero attached hydrogens (tertiary/aromatic N) is 1. The lowest BCUT2D eigenvalue weighted by Crippen LogP contribution is -2.16. The molecule has 0 aromatic heterocycles.